The van der Waals surface area contributed by atoms with Crippen molar-refractivity contribution < 1.29 is 39.9 Å². The van der Waals surface area contributed by atoms with Crippen molar-refractivity contribution in [1.82, 2.24) is 14.9 Å². The van der Waals surface area contributed by atoms with Crippen LogP contribution in [0.25, 0.3) is 6.08 Å². The van der Waals surface area contributed by atoms with Gasteiger partial charge in [0.25, 0.3) is 0 Å². The van der Waals surface area contributed by atoms with E-state index in [4.69, 9.17) is 4.74 Å². The van der Waals surface area contributed by atoms with Gasteiger partial charge in [-0.2, -0.15) is 0 Å². The SMILES string of the molecule is Cc1cc(/C=C/C(C)(C)C(=O)CC(C)(C)C(=O)N2CCN(N(C)C)CC2)ccc1Cc1cc([C@@H]2O[C@H](CO)[C@@H](O)[C@H](O)[C@H]2O)c(O)cc1C(C)C. The van der Waals surface area contributed by atoms with Crippen LogP contribution in [0.1, 0.15) is 93.4 Å². The van der Waals surface area contributed by atoms with Crippen molar-refractivity contribution in [3.63, 3.8) is 0 Å². The number of phenols is 1. The number of Topliss-reactive ketones (excluding diaryl/α,β-unsaturated/α-hetero) is 1. The molecule has 0 bridgehead atoms. The van der Waals surface area contributed by atoms with E-state index >= 15 is 0 Å². The first-order valence-corrected chi connectivity index (χ1v) is 18.0. The topological polar surface area (TPSA) is 154 Å². The summed E-state index contributed by atoms with van der Waals surface area (Å²) in [6, 6.07) is 9.51. The molecule has 1 amide bonds. The third-order valence-corrected chi connectivity index (χ3v) is 10.6. The molecule has 2 fully saturated rings. The number of hydrogen-bond acceptors (Lipinski definition) is 10. The highest BCUT2D eigenvalue weighted by Crippen LogP contribution is 2.40. The summed E-state index contributed by atoms with van der Waals surface area (Å²) in [4.78, 5) is 28.9. The number of hydrazine groups is 1. The van der Waals surface area contributed by atoms with Crippen LogP contribution in [-0.4, -0.2) is 123 Å². The van der Waals surface area contributed by atoms with Gasteiger partial charge in [0.05, 0.1) is 12.0 Å². The minimum Gasteiger partial charge on any atom is -0.508 e. The molecule has 0 spiro atoms. The number of benzene rings is 2. The third kappa shape index (κ3) is 9.26. The maximum Gasteiger partial charge on any atom is 0.228 e. The predicted octanol–water partition coefficient (Wildman–Crippen LogP) is 3.58. The Balaban J connectivity index is 1.48. The van der Waals surface area contributed by atoms with Gasteiger partial charge in [-0.05, 0) is 73.1 Å². The van der Waals surface area contributed by atoms with Gasteiger partial charge in [-0.15, -0.1) is 0 Å². The number of aromatic hydroxyl groups is 1. The Morgan fingerprint density at radius 3 is 2.18 bits per heavy atom. The number of allylic oxidation sites excluding steroid dienone is 1. The number of rotatable bonds is 12. The van der Waals surface area contributed by atoms with E-state index in [0.717, 1.165) is 40.9 Å². The number of ether oxygens (including phenoxy) is 1. The average molecular weight is 710 g/mol. The monoisotopic (exact) mass is 709 g/mol. The second-order valence-electron chi connectivity index (χ2n) is 16.0. The van der Waals surface area contributed by atoms with E-state index in [0.29, 0.717) is 19.5 Å². The summed E-state index contributed by atoms with van der Waals surface area (Å²) in [7, 11) is 4.00. The lowest BCUT2D eigenvalue weighted by atomic mass is 9.76. The summed E-state index contributed by atoms with van der Waals surface area (Å²) in [5.74, 6) is -0.0155. The lowest BCUT2D eigenvalue weighted by molar-refractivity contribution is -0.232. The van der Waals surface area contributed by atoms with Crippen molar-refractivity contribution >= 4 is 17.8 Å². The van der Waals surface area contributed by atoms with Crippen molar-refractivity contribution in [2.45, 2.75) is 97.7 Å². The molecule has 0 aromatic heterocycles. The second kappa shape index (κ2) is 16.2. The van der Waals surface area contributed by atoms with Gasteiger partial charge in [0, 0.05) is 57.7 Å². The Morgan fingerprint density at radius 1 is 0.961 bits per heavy atom. The number of aliphatic hydroxyl groups excluding tert-OH is 4. The fourth-order valence-electron chi connectivity index (χ4n) is 7.00. The van der Waals surface area contributed by atoms with Crippen LogP contribution in [-0.2, 0) is 20.7 Å². The van der Waals surface area contributed by atoms with E-state index in [1.54, 1.807) is 12.1 Å². The first-order chi connectivity index (χ1) is 23.8. The fraction of sp³-hybridized carbons (Fsp3) is 0.600. The molecule has 5 N–H and O–H groups in total. The highest BCUT2D eigenvalue weighted by molar-refractivity contribution is 5.93. The minimum atomic E-state index is -1.56. The molecule has 0 saturated carbocycles. The van der Waals surface area contributed by atoms with Gasteiger partial charge < -0.3 is 35.2 Å². The first kappa shape index (κ1) is 40.6. The lowest BCUT2D eigenvalue weighted by Gasteiger charge is -2.41. The van der Waals surface area contributed by atoms with Crippen LogP contribution in [0, 0.1) is 17.8 Å². The Bertz CT molecular complexity index is 1580. The van der Waals surface area contributed by atoms with Gasteiger partial charge >= 0.3 is 0 Å². The van der Waals surface area contributed by atoms with E-state index in [-0.39, 0.29) is 35.3 Å². The zero-order valence-corrected chi connectivity index (χ0v) is 31.8. The van der Waals surface area contributed by atoms with Gasteiger partial charge in [-0.1, -0.05) is 58.0 Å². The molecule has 51 heavy (non-hydrogen) atoms. The number of carbonyl (C=O) groups is 2. The van der Waals surface area contributed by atoms with Gasteiger partial charge in [0.15, 0.2) is 0 Å². The van der Waals surface area contributed by atoms with Crippen LogP contribution in [0.5, 0.6) is 5.75 Å². The normalized spacial score (nSPS) is 23.8. The highest BCUT2D eigenvalue weighted by Gasteiger charge is 2.45. The number of nitrogens with zero attached hydrogens (tertiary/aromatic N) is 3. The zero-order chi connectivity index (χ0) is 38.0. The zero-order valence-electron chi connectivity index (χ0n) is 31.8. The van der Waals surface area contributed by atoms with Crippen LogP contribution < -0.4 is 0 Å². The summed E-state index contributed by atoms with van der Waals surface area (Å²) in [5, 5.41) is 56.3. The molecule has 282 valence electrons. The highest BCUT2D eigenvalue weighted by atomic mass is 16.5. The van der Waals surface area contributed by atoms with Crippen LogP contribution >= 0.6 is 0 Å². The van der Waals surface area contributed by atoms with Crippen LogP contribution in [0.15, 0.2) is 36.4 Å². The maximum absolute atomic E-state index is 13.6. The number of phenolic OH excluding ortho intramolecular Hbond substituents is 1. The van der Waals surface area contributed by atoms with E-state index < -0.39 is 48.0 Å². The van der Waals surface area contributed by atoms with Gasteiger partial charge in [-0.25, -0.2) is 10.0 Å². The largest absolute Gasteiger partial charge is 0.508 e. The summed E-state index contributed by atoms with van der Waals surface area (Å²) < 4.78 is 5.77. The standard InChI is InChI=1S/C40H59N3O8/c1-24(2)29-21-31(45)30(37-36(49)35(48)34(47)32(23-44)51-37)20-28(29)19-27-11-10-26(18-25(27)3)12-13-39(4,5)33(46)22-40(6,7)38(50)42-14-16-43(17-15-42)41(8)9/h10-13,18,20-21,24,32,34-37,44-45,47-49H,14-17,19,22-23H2,1-9H3/b13-12+/t32-,34-,35+,36-,37+/m1/s1. The summed E-state index contributed by atoms with van der Waals surface area (Å²) in [6.07, 6.45) is -2.28. The minimum absolute atomic E-state index is 0.00104. The molecule has 0 radical (unpaired) electrons. The molecule has 0 unspecified atom stereocenters. The molecular formula is C40H59N3O8. The molecule has 4 rings (SSSR count). The Labute approximate surface area is 303 Å². The quantitative estimate of drug-likeness (QED) is 0.221. The van der Waals surface area contributed by atoms with Gasteiger partial charge in [0.2, 0.25) is 5.91 Å². The smallest absolute Gasteiger partial charge is 0.228 e. The van der Waals surface area contributed by atoms with Crippen molar-refractivity contribution in [2.24, 2.45) is 10.8 Å². The van der Waals surface area contributed by atoms with Crippen molar-refractivity contribution in [2.75, 3.05) is 46.9 Å². The first-order valence-electron chi connectivity index (χ1n) is 18.0. The van der Waals surface area contributed by atoms with Gasteiger partial charge in [0.1, 0.15) is 42.1 Å². The average Bonchev–Trinajstić information content (AvgIpc) is 3.07. The number of carbonyl (C=O) groups excluding carboxylic acids is 2. The number of amides is 1. The van der Waals surface area contributed by atoms with E-state index in [1.807, 2.05) is 96.8 Å². The molecule has 2 saturated heterocycles. The van der Waals surface area contributed by atoms with E-state index in [1.165, 1.54) is 0 Å². The van der Waals surface area contributed by atoms with Crippen LogP contribution in [0.4, 0.5) is 0 Å². The fourth-order valence-corrected chi connectivity index (χ4v) is 7.00. The number of piperazine rings is 1. The van der Waals surface area contributed by atoms with Crippen LogP contribution in [0.2, 0.25) is 0 Å². The molecule has 2 aliphatic heterocycles. The molecule has 5 atom stereocenters. The summed E-state index contributed by atoms with van der Waals surface area (Å²) in [6.45, 7) is 15.8. The summed E-state index contributed by atoms with van der Waals surface area (Å²) in [5.41, 5.74) is 3.50. The molecule has 2 heterocycles. The molecule has 2 aliphatic rings. The number of aliphatic hydroxyl groups is 4. The summed E-state index contributed by atoms with van der Waals surface area (Å²) >= 11 is 0. The van der Waals surface area contributed by atoms with Crippen molar-refractivity contribution in [1.29, 1.82) is 0 Å². The number of ketones is 1. The van der Waals surface area contributed by atoms with E-state index in [9.17, 15) is 35.1 Å². The van der Waals surface area contributed by atoms with Gasteiger partial charge in [-0.3, -0.25) is 9.59 Å². The Kier molecular flexibility index (Phi) is 12.9. The molecular weight excluding hydrogens is 650 g/mol. The Morgan fingerprint density at radius 2 is 1.61 bits per heavy atom. The lowest BCUT2D eigenvalue weighted by Crippen LogP contribution is -2.55. The van der Waals surface area contributed by atoms with Crippen LogP contribution in [0.3, 0.4) is 0 Å². The number of hydrogen-bond donors (Lipinski definition) is 5. The van der Waals surface area contributed by atoms with E-state index in [2.05, 4.69) is 11.1 Å². The van der Waals surface area contributed by atoms with Crippen molar-refractivity contribution in [3.8, 4) is 5.75 Å². The van der Waals surface area contributed by atoms with Crippen molar-refractivity contribution in [3.05, 3.63) is 69.8 Å². The molecule has 11 nitrogen and oxygen atoms in total. The maximum atomic E-state index is 13.6. The molecule has 11 heteroatoms. The Hall–Kier alpha value is -3.16. The second-order valence-corrected chi connectivity index (χ2v) is 16.0. The third-order valence-electron chi connectivity index (χ3n) is 10.6. The molecule has 2 aromatic carbocycles. The molecule has 0 aliphatic carbocycles. The molecule has 2 aromatic rings. The predicted molar refractivity (Wildman–Crippen MR) is 197 cm³/mol. The number of aryl methyl sites for hydroxylation is 1.